The standard InChI is InChI=1S/C23H27N3O3S/c1-4-29-18-7-10-21-20(15-18)23(26-13-11-25(3)12-14-26)22(16-24-21)30(27,28)19-8-5-17(2)6-9-19/h5-10,15-16H,4,11-14H2,1-3H3/p+2. The predicted molar refractivity (Wildman–Crippen MR) is 117 cm³/mol. The van der Waals surface area contributed by atoms with Crippen LogP contribution in [0.2, 0.25) is 0 Å². The van der Waals surface area contributed by atoms with Gasteiger partial charge in [-0.3, -0.25) is 0 Å². The molecule has 0 spiro atoms. The van der Waals surface area contributed by atoms with Crippen LogP contribution in [0.25, 0.3) is 10.9 Å². The molecule has 1 saturated heterocycles. The number of hydrogen-bond donors (Lipinski definition) is 1. The fraction of sp³-hybridized carbons (Fsp3) is 0.348. The van der Waals surface area contributed by atoms with Crippen LogP contribution >= 0.6 is 0 Å². The van der Waals surface area contributed by atoms with Crippen LogP contribution < -0.4 is 19.5 Å². The average Bonchev–Trinajstić information content (AvgIpc) is 2.74. The first-order valence-electron chi connectivity index (χ1n) is 10.4. The fourth-order valence-electron chi connectivity index (χ4n) is 3.93. The molecule has 0 atom stereocenters. The Hall–Kier alpha value is -2.64. The van der Waals surface area contributed by atoms with Gasteiger partial charge in [0.2, 0.25) is 15.4 Å². The van der Waals surface area contributed by atoms with Crippen molar-refractivity contribution in [1.29, 1.82) is 0 Å². The lowest BCUT2D eigenvalue weighted by molar-refractivity contribution is -0.880. The Balaban J connectivity index is 1.94. The van der Waals surface area contributed by atoms with Crippen LogP contribution in [0.3, 0.4) is 0 Å². The summed E-state index contributed by atoms with van der Waals surface area (Å²) in [5.41, 5.74) is 2.68. The molecule has 0 aliphatic carbocycles. The molecule has 30 heavy (non-hydrogen) atoms. The van der Waals surface area contributed by atoms with E-state index in [2.05, 4.69) is 16.9 Å². The lowest BCUT2D eigenvalue weighted by Gasteiger charge is -2.33. The summed E-state index contributed by atoms with van der Waals surface area (Å²) in [5.74, 6) is 0.740. The smallest absolute Gasteiger partial charge is 0.214 e. The molecule has 158 valence electrons. The van der Waals surface area contributed by atoms with Crippen LogP contribution in [0, 0.1) is 6.92 Å². The van der Waals surface area contributed by atoms with Crippen molar-refractivity contribution in [2.75, 3.05) is 44.7 Å². The first-order valence-corrected chi connectivity index (χ1v) is 11.9. The molecule has 2 N–H and O–H groups in total. The van der Waals surface area contributed by atoms with E-state index in [1.807, 2.05) is 44.2 Å². The maximum atomic E-state index is 13.6. The molecular weight excluding hydrogens is 398 g/mol. The molecule has 1 aliphatic rings. The number of aromatic nitrogens is 1. The number of benzene rings is 2. The van der Waals surface area contributed by atoms with Gasteiger partial charge in [-0.15, -0.1) is 0 Å². The number of nitrogens with zero attached hydrogens (tertiary/aromatic N) is 1. The van der Waals surface area contributed by atoms with E-state index in [1.165, 1.54) is 4.90 Å². The molecule has 0 saturated carbocycles. The molecule has 0 radical (unpaired) electrons. The van der Waals surface area contributed by atoms with Gasteiger partial charge in [-0.1, -0.05) is 17.7 Å². The van der Waals surface area contributed by atoms with Gasteiger partial charge < -0.3 is 14.5 Å². The van der Waals surface area contributed by atoms with Crippen molar-refractivity contribution in [3.8, 4) is 5.75 Å². The third kappa shape index (κ3) is 3.87. The number of anilines is 1. The molecule has 0 unspecified atom stereocenters. The zero-order chi connectivity index (χ0) is 21.3. The monoisotopic (exact) mass is 427 g/mol. The molecule has 0 amide bonds. The number of aryl methyl sites for hydroxylation is 1. The number of hydrogen-bond acceptors (Lipinski definition) is 4. The second-order valence-corrected chi connectivity index (χ2v) is 9.82. The minimum Gasteiger partial charge on any atom is -0.494 e. The van der Waals surface area contributed by atoms with Crippen molar-refractivity contribution < 1.29 is 23.0 Å². The van der Waals surface area contributed by atoms with Gasteiger partial charge in [-0.05, 0) is 38.1 Å². The van der Waals surface area contributed by atoms with E-state index in [-0.39, 0.29) is 0 Å². The largest absolute Gasteiger partial charge is 0.494 e. The van der Waals surface area contributed by atoms with E-state index >= 15 is 0 Å². The van der Waals surface area contributed by atoms with Gasteiger partial charge >= 0.3 is 0 Å². The number of ether oxygens (including phenoxy) is 1. The maximum absolute atomic E-state index is 13.6. The Bertz CT molecular complexity index is 1150. The Kier molecular flexibility index (Phi) is 5.66. The Morgan fingerprint density at radius 3 is 2.47 bits per heavy atom. The van der Waals surface area contributed by atoms with Crippen molar-refractivity contribution in [1.82, 2.24) is 0 Å². The molecule has 7 heteroatoms. The third-order valence-corrected chi connectivity index (χ3v) is 7.49. The summed E-state index contributed by atoms with van der Waals surface area (Å²) in [6.07, 6.45) is 1.64. The Morgan fingerprint density at radius 1 is 1.10 bits per heavy atom. The van der Waals surface area contributed by atoms with E-state index in [1.54, 1.807) is 18.3 Å². The molecule has 2 aromatic carbocycles. The van der Waals surface area contributed by atoms with Crippen molar-refractivity contribution in [2.45, 2.75) is 23.6 Å². The first kappa shape index (κ1) is 20.6. The Morgan fingerprint density at radius 2 is 1.80 bits per heavy atom. The molecule has 6 nitrogen and oxygen atoms in total. The number of rotatable bonds is 5. The molecule has 0 bridgehead atoms. The van der Waals surface area contributed by atoms with Gasteiger partial charge in [0.15, 0.2) is 11.1 Å². The van der Waals surface area contributed by atoms with Crippen molar-refractivity contribution in [3.05, 3.63) is 54.2 Å². The van der Waals surface area contributed by atoms with Crippen molar-refractivity contribution >= 4 is 26.4 Å². The molecule has 3 aromatic rings. The topological polar surface area (TPSA) is 65.2 Å². The zero-order valence-electron chi connectivity index (χ0n) is 17.7. The number of fused-ring (bicyclic) bond motifs is 1. The van der Waals surface area contributed by atoms with Gasteiger partial charge in [0.05, 0.1) is 55.8 Å². The summed E-state index contributed by atoms with van der Waals surface area (Å²) in [6, 6.07) is 12.9. The summed E-state index contributed by atoms with van der Waals surface area (Å²) >= 11 is 0. The average molecular weight is 428 g/mol. The highest BCUT2D eigenvalue weighted by atomic mass is 32.2. The van der Waals surface area contributed by atoms with E-state index in [9.17, 15) is 8.42 Å². The molecule has 2 heterocycles. The quantitative estimate of drug-likeness (QED) is 0.671. The SMILES string of the molecule is CCOc1ccc2[nH+]cc(S(=O)(=O)c3ccc(C)cc3)c(N3CC[NH+](C)CC3)c2c1. The molecule has 1 fully saturated rings. The number of nitrogens with one attached hydrogen (secondary N) is 2. The summed E-state index contributed by atoms with van der Waals surface area (Å²) in [6.45, 7) is 8.00. The highest BCUT2D eigenvalue weighted by Gasteiger charge is 2.31. The lowest BCUT2D eigenvalue weighted by Crippen LogP contribution is -3.12. The van der Waals surface area contributed by atoms with E-state index in [0.717, 1.165) is 54.1 Å². The van der Waals surface area contributed by atoms with E-state index < -0.39 is 9.84 Å². The zero-order valence-corrected chi connectivity index (χ0v) is 18.6. The normalized spacial score (nSPS) is 15.5. The van der Waals surface area contributed by atoms with Gasteiger partial charge in [0, 0.05) is 6.07 Å². The van der Waals surface area contributed by atoms with Crippen LogP contribution in [0.1, 0.15) is 12.5 Å². The number of aromatic amines is 1. The summed E-state index contributed by atoms with van der Waals surface area (Å²) in [7, 11) is -1.51. The summed E-state index contributed by atoms with van der Waals surface area (Å²) in [4.78, 5) is 7.48. The van der Waals surface area contributed by atoms with Gasteiger partial charge in [0.25, 0.3) is 0 Å². The highest BCUT2D eigenvalue weighted by Crippen LogP contribution is 2.36. The molecule has 4 rings (SSSR count). The second-order valence-electron chi connectivity index (χ2n) is 7.90. The number of H-pyrrole nitrogens is 1. The number of sulfone groups is 1. The van der Waals surface area contributed by atoms with Crippen LogP contribution in [0.5, 0.6) is 5.75 Å². The van der Waals surface area contributed by atoms with Crippen molar-refractivity contribution in [3.63, 3.8) is 0 Å². The molecule has 1 aromatic heterocycles. The van der Waals surface area contributed by atoms with Gasteiger partial charge in [0.1, 0.15) is 5.75 Å². The van der Waals surface area contributed by atoms with Crippen molar-refractivity contribution in [2.24, 2.45) is 0 Å². The fourth-order valence-corrected chi connectivity index (χ4v) is 5.39. The molecule has 1 aliphatic heterocycles. The van der Waals surface area contributed by atoms with Crippen LogP contribution in [-0.2, 0) is 9.84 Å². The molecular formula is C23H29N3O3S+2. The number of piperazine rings is 1. The lowest BCUT2D eigenvalue weighted by atomic mass is 10.1. The third-order valence-electron chi connectivity index (χ3n) is 5.70. The van der Waals surface area contributed by atoms with Crippen LogP contribution in [0.4, 0.5) is 5.69 Å². The predicted octanol–water partition coefficient (Wildman–Crippen LogP) is 1.53. The maximum Gasteiger partial charge on any atom is 0.214 e. The minimum atomic E-state index is -3.69. The van der Waals surface area contributed by atoms with Gasteiger partial charge in [-0.25, -0.2) is 13.4 Å². The first-order chi connectivity index (χ1) is 14.4. The number of quaternary nitrogens is 1. The second kappa shape index (κ2) is 8.24. The van der Waals surface area contributed by atoms with Crippen LogP contribution in [-0.4, -0.2) is 48.3 Å². The Labute approximate surface area is 178 Å². The summed E-state index contributed by atoms with van der Waals surface area (Å²) < 4.78 is 33.0. The number of likely N-dealkylation sites (N-methyl/N-ethyl adjacent to an activating group) is 1. The summed E-state index contributed by atoms with van der Waals surface area (Å²) in [5, 5.41) is 0.869. The highest BCUT2D eigenvalue weighted by molar-refractivity contribution is 7.91. The number of pyridine rings is 1. The minimum absolute atomic E-state index is 0.308. The van der Waals surface area contributed by atoms with Crippen LogP contribution in [0.15, 0.2) is 58.5 Å². The van der Waals surface area contributed by atoms with Gasteiger partial charge in [-0.2, -0.15) is 0 Å². The van der Waals surface area contributed by atoms with E-state index in [4.69, 9.17) is 4.74 Å². The van der Waals surface area contributed by atoms with E-state index in [0.29, 0.717) is 16.4 Å².